The molecule has 2 amide bonds. The summed E-state index contributed by atoms with van der Waals surface area (Å²) >= 11 is 0. The van der Waals surface area contributed by atoms with Gasteiger partial charge in [0.15, 0.2) is 0 Å². The second-order valence-electron chi connectivity index (χ2n) is 8.81. The van der Waals surface area contributed by atoms with Crippen molar-refractivity contribution in [3.63, 3.8) is 0 Å². The van der Waals surface area contributed by atoms with E-state index in [1.54, 1.807) is 24.0 Å². The number of amides is 2. The fourth-order valence-electron chi connectivity index (χ4n) is 3.92. The van der Waals surface area contributed by atoms with E-state index in [9.17, 15) is 18.0 Å². The number of benzene rings is 2. The Morgan fingerprint density at radius 3 is 2.42 bits per heavy atom. The largest absolute Gasteiger partial charge is 0.354 e. The van der Waals surface area contributed by atoms with Gasteiger partial charge in [0.2, 0.25) is 21.8 Å². The van der Waals surface area contributed by atoms with Crippen LogP contribution < -0.4 is 14.9 Å². The third-order valence-electron chi connectivity index (χ3n) is 5.93. The molecule has 1 atom stereocenters. The monoisotopic (exact) mass is 471 g/mol. The highest BCUT2D eigenvalue weighted by atomic mass is 32.2. The van der Waals surface area contributed by atoms with Gasteiger partial charge < -0.3 is 10.2 Å². The number of nitrogens with one attached hydrogen (secondary N) is 2. The predicted octanol–water partition coefficient (Wildman–Crippen LogP) is 2.96. The molecule has 33 heavy (non-hydrogen) atoms. The molecule has 178 valence electrons. The molecule has 1 heterocycles. The molecule has 2 aromatic carbocycles. The lowest BCUT2D eigenvalue weighted by Crippen LogP contribution is -2.49. The molecule has 0 aromatic heterocycles. The number of rotatable bonds is 9. The Kier molecular flexibility index (Phi) is 7.92. The first-order valence-corrected chi connectivity index (χ1v) is 12.9. The van der Waals surface area contributed by atoms with Crippen molar-refractivity contribution in [3.05, 3.63) is 59.2 Å². The Labute approximate surface area is 196 Å². The summed E-state index contributed by atoms with van der Waals surface area (Å²) in [6.45, 7) is 8.42. The smallest absolute Gasteiger partial charge is 0.241 e. The van der Waals surface area contributed by atoms with Crippen LogP contribution in [0.4, 0.5) is 5.69 Å². The van der Waals surface area contributed by atoms with Crippen molar-refractivity contribution in [1.29, 1.82) is 0 Å². The van der Waals surface area contributed by atoms with Crippen molar-refractivity contribution in [1.82, 2.24) is 10.0 Å². The minimum absolute atomic E-state index is 0.0182. The summed E-state index contributed by atoms with van der Waals surface area (Å²) < 4.78 is 28.7. The molecule has 3 rings (SSSR count). The zero-order chi connectivity index (χ0) is 24.2. The van der Waals surface area contributed by atoms with E-state index in [0.717, 1.165) is 16.8 Å². The van der Waals surface area contributed by atoms with E-state index in [2.05, 4.69) is 10.0 Å². The van der Waals surface area contributed by atoms with Gasteiger partial charge in [-0.25, -0.2) is 8.42 Å². The van der Waals surface area contributed by atoms with Crippen LogP contribution in [0.1, 0.15) is 43.9 Å². The van der Waals surface area contributed by atoms with Crippen LogP contribution in [0.5, 0.6) is 0 Å². The maximum absolute atomic E-state index is 13.1. The maximum atomic E-state index is 13.1. The molecule has 0 spiro atoms. The molecule has 0 bridgehead atoms. The van der Waals surface area contributed by atoms with Crippen LogP contribution in [0, 0.1) is 12.8 Å². The Morgan fingerprint density at radius 1 is 1.09 bits per heavy atom. The number of anilines is 1. The van der Waals surface area contributed by atoms with Crippen molar-refractivity contribution in [2.45, 2.75) is 57.9 Å². The van der Waals surface area contributed by atoms with Crippen molar-refractivity contribution < 1.29 is 18.0 Å². The zero-order valence-corrected chi connectivity index (χ0v) is 20.5. The van der Waals surface area contributed by atoms with Crippen LogP contribution >= 0.6 is 0 Å². The lowest BCUT2D eigenvalue weighted by molar-refractivity contribution is -0.123. The standard InChI is InChI=1S/C25H33N3O4S/c1-5-23(29)28-15-13-20-16-21(10-11-22(20)28)33(31,32)27-24(17(2)3)25(30)26-14-12-19-8-6-18(4)7-9-19/h6-11,16-17,24,27H,5,12-15H2,1-4H3,(H,26,30)/t24-/m0/s1. The summed E-state index contributed by atoms with van der Waals surface area (Å²) in [6.07, 6.45) is 1.68. The first kappa shape index (κ1) is 24.9. The summed E-state index contributed by atoms with van der Waals surface area (Å²) in [4.78, 5) is 26.7. The zero-order valence-electron chi connectivity index (χ0n) is 19.7. The van der Waals surface area contributed by atoms with Crippen LogP contribution in [0.25, 0.3) is 0 Å². The third-order valence-corrected chi connectivity index (χ3v) is 7.36. The maximum Gasteiger partial charge on any atom is 0.241 e. The van der Waals surface area contributed by atoms with Crippen LogP contribution in [0.15, 0.2) is 47.4 Å². The van der Waals surface area contributed by atoms with Crippen molar-refractivity contribution in [3.8, 4) is 0 Å². The molecule has 0 radical (unpaired) electrons. The van der Waals surface area contributed by atoms with E-state index in [-0.39, 0.29) is 22.6 Å². The number of hydrogen-bond donors (Lipinski definition) is 2. The Bertz CT molecular complexity index is 1110. The molecular weight excluding hydrogens is 438 g/mol. The molecule has 1 aliphatic heterocycles. The van der Waals surface area contributed by atoms with E-state index in [0.29, 0.717) is 32.4 Å². The predicted molar refractivity (Wildman–Crippen MR) is 130 cm³/mol. The second-order valence-corrected chi connectivity index (χ2v) is 10.5. The highest BCUT2D eigenvalue weighted by Crippen LogP contribution is 2.30. The number of aryl methyl sites for hydroxylation is 1. The fraction of sp³-hybridized carbons (Fsp3) is 0.440. The van der Waals surface area contributed by atoms with E-state index < -0.39 is 16.1 Å². The number of carbonyl (C=O) groups excluding carboxylic acids is 2. The van der Waals surface area contributed by atoms with Crippen molar-refractivity contribution in [2.24, 2.45) is 5.92 Å². The Balaban J connectivity index is 1.67. The number of nitrogens with zero attached hydrogens (tertiary/aromatic N) is 1. The van der Waals surface area contributed by atoms with Crippen molar-refractivity contribution in [2.75, 3.05) is 18.0 Å². The van der Waals surface area contributed by atoms with E-state index in [1.807, 2.05) is 45.0 Å². The van der Waals surface area contributed by atoms with Gasteiger partial charge in [-0.05, 0) is 55.0 Å². The van der Waals surface area contributed by atoms with Gasteiger partial charge in [-0.15, -0.1) is 0 Å². The van der Waals surface area contributed by atoms with E-state index >= 15 is 0 Å². The first-order chi connectivity index (χ1) is 15.6. The molecule has 0 unspecified atom stereocenters. The second kappa shape index (κ2) is 10.5. The van der Waals surface area contributed by atoms with Gasteiger partial charge in [0, 0.05) is 25.2 Å². The number of carbonyl (C=O) groups is 2. The van der Waals surface area contributed by atoms with Gasteiger partial charge in [0.05, 0.1) is 4.90 Å². The fourth-order valence-corrected chi connectivity index (χ4v) is 5.31. The number of sulfonamides is 1. The van der Waals surface area contributed by atoms with Gasteiger partial charge >= 0.3 is 0 Å². The summed E-state index contributed by atoms with van der Waals surface area (Å²) in [7, 11) is -3.91. The number of fused-ring (bicyclic) bond motifs is 1. The molecule has 7 nitrogen and oxygen atoms in total. The minimum atomic E-state index is -3.91. The van der Waals surface area contributed by atoms with Gasteiger partial charge in [0.25, 0.3) is 0 Å². The lowest BCUT2D eigenvalue weighted by atomic mass is 10.0. The molecule has 0 fully saturated rings. The summed E-state index contributed by atoms with van der Waals surface area (Å²) in [6, 6.07) is 12.0. The van der Waals surface area contributed by atoms with Crippen LogP contribution in [-0.4, -0.2) is 39.4 Å². The summed E-state index contributed by atoms with van der Waals surface area (Å²) in [5, 5.41) is 2.86. The Morgan fingerprint density at radius 2 is 1.79 bits per heavy atom. The van der Waals surface area contributed by atoms with Gasteiger partial charge in [-0.1, -0.05) is 50.6 Å². The molecule has 8 heteroatoms. The SMILES string of the molecule is CCC(=O)N1CCc2cc(S(=O)(=O)N[C@H](C(=O)NCCc3ccc(C)cc3)C(C)C)ccc21. The van der Waals surface area contributed by atoms with Crippen LogP contribution in [0.3, 0.4) is 0 Å². The molecular formula is C25H33N3O4S. The van der Waals surface area contributed by atoms with Gasteiger partial charge in [-0.2, -0.15) is 4.72 Å². The van der Waals surface area contributed by atoms with E-state index in [1.165, 1.54) is 11.6 Å². The highest BCUT2D eigenvalue weighted by Gasteiger charge is 2.30. The molecule has 0 saturated heterocycles. The van der Waals surface area contributed by atoms with Crippen molar-refractivity contribution >= 4 is 27.5 Å². The first-order valence-electron chi connectivity index (χ1n) is 11.4. The molecule has 2 aromatic rings. The molecule has 0 saturated carbocycles. The molecule has 1 aliphatic rings. The highest BCUT2D eigenvalue weighted by molar-refractivity contribution is 7.89. The van der Waals surface area contributed by atoms with E-state index in [4.69, 9.17) is 0 Å². The molecule has 2 N–H and O–H groups in total. The minimum Gasteiger partial charge on any atom is -0.354 e. The van der Waals surface area contributed by atoms with Crippen LogP contribution in [-0.2, 0) is 32.5 Å². The quantitative estimate of drug-likeness (QED) is 0.588. The number of hydrogen-bond acceptors (Lipinski definition) is 4. The average Bonchev–Trinajstić information content (AvgIpc) is 3.21. The lowest BCUT2D eigenvalue weighted by Gasteiger charge is -2.22. The van der Waals surface area contributed by atoms with Gasteiger partial charge in [0.1, 0.15) is 6.04 Å². The summed E-state index contributed by atoms with van der Waals surface area (Å²) in [5.74, 6) is -0.558. The average molecular weight is 472 g/mol. The third kappa shape index (κ3) is 6.00. The topological polar surface area (TPSA) is 95.6 Å². The van der Waals surface area contributed by atoms with Gasteiger partial charge in [-0.3, -0.25) is 9.59 Å². The normalized spacial score (nSPS) is 14.3. The molecule has 0 aliphatic carbocycles. The van der Waals surface area contributed by atoms with Crippen LogP contribution in [0.2, 0.25) is 0 Å². The summed E-state index contributed by atoms with van der Waals surface area (Å²) in [5.41, 5.74) is 3.86. The Hall–Kier alpha value is -2.71.